The van der Waals surface area contributed by atoms with E-state index in [9.17, 15) is 33.9 Å². The smallest absolute Gasteiger partial charge is 0.243 e. The van der Waals surface area contributed by atoms with E-state index in [1.54, 1.807) is 9.80 Å². The second-order valence-corrected chi connectivity index (χ2v) is 21.2. The maximum absolute atomic E-state index is 14.6. The zero-order chi connectivity index (χ0) is 50.8. The van der Waals surface area contributed by atoms with Gasteiger partial charge in [-0.2, -0.15) is 0 Å². The summed E-state index contributed by atoms with van der Waals surface area (Å²) in [6, 6.07) is 5.41. The Morgan fingerprint density at radius 1 is 0.797 bits per heavy atom. The Balaban J connectivity index is 1.92. The fourth-order valence-electron chi connectivity index (χ4n) is 9.53. The fraction of sp³-hybridized carbons (Fsp3) is 0.782. The molecule has 1 unspecified atom stereocenters. The molecule has 0 spiro atoms. The highest BCUT2D eigenvalue weighted by molar-refractivity contribution is 5.96. The van der Waals surface area contributed by atoms with Gasteiger partial charge in [0.2, 0.25) is 35.4 Å². The Bertz CT molecular complexity index is 1680. The number of aliphatic hydroxyl groups is 1. The first kappa shape index (κ1) is 59.3. The third-order valence-corrected chi connectivity index (χ3v) is 14.3. The van der Waals surface area contributed by atoms with Gasteiger partial charge in [0.05, 0.1) is 18.6 Å². The Labute approximate surface area is 416 Å². The molecule has 14 heteroatoms. The van der Waals surface area contributed by atoms with Crippen molar-refractivity contribution in [1.82, 2.24) is 36.4 Å². The van der Waals surface area contributed by atoms with Gasteiger partial charge < -0.3 is 41.5 Å². The van der Waals surface area contributed by atoms with Crippen LogP contribution in [0, 0.1) is 11.3 Å². The lowest BCUT2D eigenvalue weighted by atomic mass is 9.88. The zero-order valence-corrected chi connectivity index (χ0v) is 44.2. The van der Waals surface area contributed by atoms with Gasteiger partial charge in [-0.1, -0.05) is 131 Å². The number of hydrogen-bond donors (Lipinski definition) is 6. The summed E-state index contributed by atoms with van der Waals surface area (Å²) in [4.78, 5) is 88.6. The summed E-state index contributed by atoms with van der Waals surface area (Å²) in [6.45, 7) is 18.4. The highest BCUT2D eigenvalue weighted by atomic mass is 16.3. The lowest BCUT2D eigenvalue weighted by Gasteiger charge is -2.33. The van der Waals surface area contributed by atoms with Gasteiger partial charge in [-0.25, -0.2) is 0 Å². The molecule has 0 radical (unpaired) electrons. The monoisotopic (exact) mass is 966 g/mol. The Hall–Kier alpha value is -4.04. The number of aliphatic hydroxyl groups excluding tert-OH is 1. The van der Waals surface area contributed by atoms with E-state index in [0.29, 0.717) is 77.0 Å². The normalized spacial score (nSPS) is 21.7. The van der Waals surface area contributed by atoms with Gasteiger partial charge in [0, 0.05) is 31.1 Å². The molecule has 0 saturated carbocycles. The van der Waals surface area contributed by atoms with Crippen molar-refractivity contribution >= 4 is 35.4 Å². The average molecular weight is 966 g/mol. The van der Waals surface area contributed by atoms with Gasteiger partial charge in [0.15, 0.2) is 0 Å². The molecule has 2 aliphatic heterocycles. The van der Waals surface area contributed by atoms with E-state index in [0.717, 1.165) is 44.2 Å². The highest BCUT2D eigenvalue weighted by Gasteiger charge is 2.41. The lowest BCUT2D eigenvalue weighted by molar-refractivity contribution is -0.146. The van der Waals surface area contributed by atoms with Gasteiger partial charge in [-0.3, -0.25) is 28.8 Å². The van der Waals surface area contributed by atoms with Crippen LogP contribution in [0.1, 0.15) is 196 Å². The summed E-state index contributed by atoms with van der Waals surface area (Å²) >= 11 is 0. The van der Waals surface area contributed by atoms with Gasteiger partial charge in [-0.05, 0) is 108 Å². The number of unbranched alkanes of at least 4 members (excludes halogenated alkanes) is 6. The first-order valence-corrected chi connectivity index (χ1v) is 27.3. The number of likely N-dealkylation sites (tertiary alicyclic amines) is 1. The molecule has 1 aromatic rings. The minimum atomic E-state index is -1.17. The number of benzene rings is 1. The molecule has 2 aliphatic rings. The third kappa shape index (κ3) is 21.1. The van der Waals surface area contributed by atoms with Crippen LogP contribution in [0.4, 0.5) is 0 Å². The van der Waals surface area contributed by atoms with Crippen molar-refractivity contribution < 1.29 is 33.9 Å². The molecule has 3 rings (SSSR count). The fourth-order valence-corrected chi connectivity index (χ4v) is 9.53. The molecule has 2 heterocycles. The van der Waals surface area contributed by atoms with Gasteiger partial charge in [0.1, 0.15) is 24.2 Å². The highest BCUT2D eigenvalue weighted by Crippen LogP contribution is 2.29. The molecule has 1 aromatic carbocycles. The van der Waals surface area contributed by atoms with Crippen LogP contribution in [0.2, 0.25) is 0 Å². The predicted molar refractivity (Wildman–Crippen MR) is 276 cm³/mol. The summed E-state index contributed by atoms with van der Waals surface area (Å²) in [5.41, 5.74) is 0.245. The molecule has 0 bridgehead atoms. The van der Waals surface area contributed by atoms with E-state index >= 15 is 0 Å². The van der Waals surface area contributed by atoms with Crippen LogP contribution in [0.3, 0.4) is 0 Å². The van der Waals surface area contributed by atoms with Crippen LogP contribution in [0.15, 0.2) is 30.3 Å². The molecular formula is C55H95N7O7. The van der Waals surface area contributed by atoms with Crippen LogP contribution in [0.5, 0.6) is 0 Å². The second kappa shape index (κ2) is 32.0. The first-order chi connectivity index (χ1) is 33.0. The van der Waals surface area contributed by atoms with Crippen molar-refractivity contribution in [3.8, 4) is 0 Å². The van der Waals surface area contributed by atoms with Crippen LogP contribution < -0.4 is 26.6 Å². The van der Waals surface area contributed by atoms with Crippen molar-refractivity contribution in [2.75, 3.05) is 26.2 Å². The molecule has 0 aliphatic carbocycles. The summed E-state index contributed by atoms with van der Waals surface area (Å²) in [5, 5.41) is 27.4. The minimum Gasteiger partial charge on any atom is -0.390 e. The van der Waals surface area contributed by atoms with Crippen molar-refractivity contribution in [2.24, 2.45) is 11.3 Å². The Morgan fingerprint density at radius 3 is 2.10 bits per heavy atom. The van der Waals surface area contributed by atoms with E-state index in [-0.39, 0.29) is 42.9 Å². The van der Waals surface area contributed by atoms with Crippen molar-refractivity contribution in [2.45, 2.75) is 239 Å². The summed E-state index contributed by atoms with van der Waals surface area (Å²) in [5.74, 6) is -2.14. The quantitative estimate of drug-likeness (QED) is 0.0489. The summed E-state index contributed by atoms with van der Waals surface area (Å²) in [7, 11) is 0. The molecule has 6 atom stereocenters. The average Bonchev–Trinajstić information content (AvgIpc) is 3.82. The standard InChI is InChI=1S/C55H95N7O7/c1-9-13-17-28-42(29-18-14-10-2)56-33-23-21-30-44(58-53(68)47-32-25-36-62(47)54(69)55(7,8)12-4)50(65)57-43-31-22-24-35-61(34-15-11-3)49(64)39-48(63)45(38-41-26-19-16-20-27-41)59-52(67)46(37-40(5)6)60-51(43)66/h16,19-20,26-27,40,42-48,56,63H,9-15,17-18,21-25,28-39H2,1-8H3,(H,57,65)(H,58,68)(H,59,67)(H,60,66)/t43-,44-,45-,46-,47?,48+/m0/s1. The van der Waals surface area contributed by atoms with E-state index < -0.39 is 59.4 Å². The Morgan fingerprint density at radius 2 is 1.46 bits per heavy atom. The van der Waals surface area contributed by atoms with Gasteiger partial charge in [-0.15, -0.1) is 0 Å². The molecule has 14 nitrogen and oxygen atoms in total. The number of hydrogen-bond acceptors (Lipinski definition) is 8. The van der Waals surface area contributed by atoms with E-state index in [4.69, 9.17) is 0 Å². The van der Waals surface area contributed by atoms with Crippen LogP contribution in [-0.2, 0) is 35.2 Å². The second-order valence-electron chi connectivity index (χ2n) is 21.2. The number of amides is 6. The number of carbonyl (C=O) groups is 6. The Kier molecular flexibility index (Phi) is 27.5. The zero-order valence-electron chi connectivity index (χ0n) is 44.2. The predicted octanol–water partition coefficient (Wildman–Crippen LogP) is 7.49. The summed E-state index contributed by atoms with van der Waals surface area (Å²) in [6.07, 6.45) is 15.2. The maximum Gasteiger partial charge on any atom is 0.243 e. The van der Waals surface area contributed by atoms with Crippen molar-refractivity contribution in [3.05, 3.63) is 35.9 Å². The largest absolute Gasteiger partial charge is 0.390 e. The number of nitrogens with one attached hydrogen (secondary N) is 5. The molecule has 392 valence electrons. The van der Waals surface area contributed by atoms with Gasteiger partial charge >= 0.3 is 0 Å². The van der Waals surface area contributed by atoms with E-state index in [1.807, 2.05) is 65.0 Å². The minimum absolute atomic E-state index is 0.00403. The van der Waals surface area contributed by atoms with Crippen LogP contribution in [-0.4, -0.2) is 119 Å². The maximum atomic E-state index is 14.6. The van der Waals surface area contributed by atoms with Crippen LogP contribution >= 0.6 is 0 Å². The van der Waals surface area contributed by atoms with E-state index in [1.165, 1.54) is 38.5 Å². The van der Waals surface area contributed by atoms with E-state index in [2.05, 4.69) is 47.4 Å². The van der Waals surface area contributed by atoms with Crippen molar-refractivity contribution in [1.29, 1.82) is 0 Å². The number of rotatable bonds is 27. The molecular weight excluding hydrogens is 871 g/mol. The molecule has 2 saturated heterocycles. The number of nitrogens with zero attached hydrogens (tertiary/aromatic N) is 2. The van der Waals surface area contributed by atoms with Gasteiger partial charge in [0.25, 0.3) is 0 Å². The number of carbonyl (C=O) groups excluding carboxylic acids is 6. The third-order valence-electron chi connectivity index (χ3n) is 14.3. The molecule has 69 heavy (non-hydrogen) atoms. The molecule has 6 amide bonds. The first-order valence-electron chi connectivity index (χ1n) is 27.3. The topological polar surface area (TPSA) is 189 Å². The summed E-state index contributed by atoms with van der Waals surface area (Å²) < 4.78 is 0. The molecule has 6 N–H and O–H groups in total. The van der Waals surface area contributed by atoms with Crippen molar-refractivity contribution in [3.63, 3.8) is 0 Å². The molecule has 0 aromatic heterocycles. The van der Waals surface area contributed by atoms with Crippen LogP contribution in [0.25, 0.3) is 0 Å². The lowest BCUT2D eigenvalue weighted by Crippen LogP contribution is -2.59. The molecule has 2 fully saturated rings. The SMILES string of the molecule is CCCCCC(CCCCC)NCCCC[C@H](NC(=O)C1CCCN1C(=O)C(C)(C)CC)C(=O)N[C@H]1CCCCN(CCCC)C(=O)C[C@@H](O)[C@H](Cc2ccccc2)NC(=O)[C@H](CC(C)C)NC1=O.